The van der Waals surface area contributed by atoms with Gasteiger partial charge in [-0.2, -0.15) is 0 Å². The third-order valence-corrected chi connectivity index (χ3v) is 5.39. The van der Waals surface area contributed by atoms with Gasteiger partial charge >= 0.3 is 5.97 Å². The predicted octanol–water partition coefficient (Wildman–Crippen LogP) is 0.113. The van der Waals surface area contributed by atoms with Crippen LogP contribution in [-0.4, -0.2) is 77.3 Å². The van der Waals surface area contributed by atoms with Crippen LogP contribution in [0.15, 0.2) is 0 Å². The lowest BCUT2D eigenvalue weighted by Crippen LogP contribution is -2.62. The third-order valence-electron chi connectivity index (χ3n) is 5.39. The van der Waals surface area contributed by atoms with Gasteiger partial charge < -0.3 is 39.4 Å². The minimum atomic E-state index is -1.17. The molecule has 3 saturated heterocycles. The predicted molar refractivity (Wildman–Crippen MR) is 105 cm³/mol. The van der Waals surface area contributed by atoms with E-state index in [9.17, 15) is 14.4 Å². The molecule has 11 heteroatoms. The van der Waals surface area contributed by atoms with Gasteiger partial charge in [0.25, 0.3) is 5.91 Å². The van der Waals surface area contributed by atoms with Crippen molar-refractivity contribution in [2.24, 2.45) is 5.92 Å². The van der Waals surface area contributed by atoms with E-state index in [1.54, 1.807) is 41.5 Å². The van der Waals surface area contributed by atoms with Crippen LogP contribution in [0, 0.1) is 5.92 Å². The Hall–Kier alpha value is -1.79. The van der Waals surface area contributed by atoms with E-state index in [4.69, 9.17) is 28.8 Å². The van der Waals surface area contributed by atoms with E-state index in [0.717, 1.165) is 0 Å². The van der Waals surface area contributed by atoms with Gasteiger partial charge in [-0.25, -0.2) is 0 Å². The average molecular weight is 444 g/mol. The van der Waals surface area contributed by atoms with Crippen LogP contribution in [0.5, 0.6) is 0 Å². The molecule has 31 heavy (non-hydrogen) atoms. The van der Waals surface area contributed by atoms with E-state index < -0.39 is 72.1 Å². The van der Waals surface area contributed by atoms with Gasteiger partial charge in [-0.15, -0.1) is 0 Å². The van der Waals surface area contributed by atoms with Crippen molar-refractivity contribution < 1.29 is 43.2 Å². The summed E-state index contributed by atoms with van der Waals surface area (Å²) in [7, 11) is 0. The van der Waals surface area contributed by atoms with Gasteiger partial charge in [0.05, 0.1) is 0 Å². The summed E-state index contributed by atoms with van der Waals surface area (Å²) in [5, 5.41) is 14.1. The van der Waals surface area contributed by atoms with Crippen LogP contribution in [0.3, 0.4) is 0 Å². The maximum Gasteiger partial charge on any atom is 0.325 e. The van der Waals surface area contributed by atoms with Gasteiger partial charge in [0.15, 0.2) is 24.0 Å². The number of nitrogens with one attached hydrogen (secondary N) is 2. The lowest BCUT2D eigenvalue weighted by atomic mass is 9.97. The summed E-state index contributed by atoms with van der Waals surface area (Å²) >= 11 is 0. The molecule has 0 spiro atoms. The molecule has 0 radical (unpaired) electrons. The van der Waals surface area contributed by atoms with Crippen molar-refractivity contribution in [2.75, 3.05) is 0 Å². The van der Waals surface area contributed by atoms with Gasteiger partial charge in [0, 0.05) is 0 Å². The lowest BCUT2D eigenvalue weighted by molar-refractivity contribution is -0.231. The normalized spacial score (nSPS) is 35.0. The standard InChI is InChI=1S/C20H32N2O9/c1-8(2)10(15(23)21-9(3)17(25)26)22-16(24)13-11-12(29-19(4,5)28-11)14-18(27-13)31-20(6,7)30-14/h8-14,18H,1-7H3,(H,21,23)(H,22,24)(H,25,26)/t9-,10+,11-,12-,13+,14+,18+/m0/s1. The number of fused-ring (bicyclic) bond motifs is 3. The second-order valence-electron chi connectivity index (χ2n) is 9.39. The molecule has 7 atom stereocenters. The molecule has 0 aliphatic carbocycles. The number of carbonyl (C=O) groups excluding carboxylic acids is 2. The molecular weight excluding hydrogens is 412 g/mol. The number of aliphatic carboxylic acids is 1. The first-order chi connectivity index (χ1) is 14.2. The molecule has 3 heterocycles. The van der Waals surface area contributed by atoms with E-state index in [2.05, 4.69) is 10.6 Å². The minimum absolute atomic E-state index is 0.306. The minimum Gasteiger partial charge on any atom is -0.480 e. The van der Waals surface area contributed by atoms with E-state index in [1.165, 1.54) is 6.92 Å². The Morgan fingerprint density at radius 3 is 1.97 bits per heavy atom. The molecule has 3 aliphatic rings. The Morgan fingerprint density at radius 2 is 1.39 bits per heavy atom. The van der Waals surface area contributed by atoms with Crippen molar-refractivity contribution in [3.8, 4) is 0 Å². The fraction of sp³-hybridized carbons (Fsp3) is 0.850. The molecule has 2 amide bonds. The van der Waals surface area contributed by atoms with Crippen LogP contribution < -0.4 is 10.6 Å². The number of carbonyl (C=O) groups is 3. The highest BCUT2D eigenvalue weighted by molar-refractivity contribution is 5.91. The maximum absolute atomic E-state index is 13.2. The molecule has 176 valence electrons. The topological polar surface area (TPSA) is 142 Å². The van der Waals surface area contributed by atoms with E-state index in [0.29, 0.717) is 0 Å². The third kappa shape index (κ3) is 5.01. The average Bonchev–Trinajstić information content (AvgIpc) is 3.11. The summed E-state index contributed by atoms with van der Waals surface area (Å²) in [6.07, 6.45) is -3.92. The number of rotatable bonds is 6. The Morgan fingerprint density at radius 1 is 0.839 bits per heavy atom. The Kier molecular flexibility index (Phi) is 6.38. The molecule has 0 saturated carbocycles. The van der Waals surface area contributed by atoms with Gasteiger partial charge in [-0.3, -0.25) is 14.4 Å². The Bertz CT molecular complexity index is 738. The quantitative estimate of drug-likeness (QED) is 0.520. The highest BCUT2D eigenvalue weighted by Gasteiger charge is 2.62. The number of hydrogen-bond acceptors (Lipinski definition) is 8. The van der Waals surface area contributed by atoms with Gasteiger partial charge in [0.1, 0.15) is 30.4 Å². The zero-order valence-electron chi connectivity index (χ0n) is 18.8. The van der Waals surface area contributed by atoms with Crippen LogP contribution in [0.4, 0.5) is 0 Å². The number of ether oxygens (including phenoxy) is 5. The van der Waals surface area contributed by atoms with Crippen LogP contribution in [0.25, 0.3) is 0 Å². The van der Waals surface area contributed by atoms with Crippen LogP contribution in [0.1, 0.15) is 48.5 Å². The first-order valence-corrected chi connectivity index (χ1v) is 10.4. The molecule has 0 aromatic heterocycles. The first kappa shape index (κ1) is 23.9. The highest BCUT2D eigenvalue weighted by Crippen LogP contribution is 2.44. The van der Waals surface area contributed by atoms with Crippen molar-refractivity contribution in [1.82, 2.24) is 10.6 Å². The first-order valence-electron chi connectivity index (χ1n) is 10.4. The van der Waals surface area contributed by atoms with E-state index >= 15 is 0 Å². The number of carboxylic acids is 1. The van der Waals surface area contributed by atoms with Crippen LogP contribution in [0.2, 0.25) is 0 Å². The summed E-state index contributed by atoms with van der Waals surface area (Å²) in [6.45, 7) is 11.8. The van der Waals surface area contributed by atoms with Gasteiger partial charge in [-0.1, -0.05) is 13.8 Å². The molecule has 3 rings (SSSR count). The molecule has 11 nitrogen and oxygen atoms in total. The van der Waals surface area contributed by atoms with E-state index in [-0.39, 0.29) is 5.92 Å². The highest BCUT2D eigenvalue weighted by atomic mass is 16.9. The Labute approximate surface area is 181 Å². The molecule has 0 aromatic rings. The maximum atomic E-state index is 13.2. The summed E-state index contributed by atoms with van der Waals surface area (Å²) < 4.78 is 29.5. The van der Waals surface area contributed by atoms with Crippen LogP contribution in [-0.2, 0) is 38.1 Å². The van der Waals surface area contributed by atoms with Crippen molar-refractivity contribution in [2.45, 2.75) is 103 Å². The SMILES string of the molecule is CC(C)[C@@H](NC(=O)[C@@H]1O[C@@H]2OC(C)(C)O[C@@H]2[C@H]2OC(C)(C)O[C@@H]21)C(=O)N[C@@H](C)C(=O)O. The zero-order chi connectivity index (χ0) is 23.3. The monoisotopic (exact) mass is 444 g/mol. The summed E-state index contributed by atoms with van der Waals surface area (Å²) in [5.74, 6) is -4.55. The molecule has 3 aliphatic heterocycles. The second-order valence-corrected chi connectivity index (χ2v) is 9.39. The van der Waals surface area contributed by atoms with Crippen molar-refractivity contribution >= 4 is 17.8 Å². The van der Waals surface area contributed by atoms with Crippen molar-refractivity contribution in [1.29, 1.82) is 0 Å². The summed E-state index contributed by atoms with van der Waals surface area (Å²) in [5.41, 5.74) is 0. The molecular formula is C20H32N2O9. The zero-order valence-corrected chi connectivity index (χ0v) is 18.8. The second kappa shape index (κ2) is 8.28. The Balaban J connectivity index is 1.77. The van der Waals surface area contributed by atoms with Gasteiger partial charge in [0.2, 0.25) is 5.91 Å². The number of carboxylic acid groups (broad SMARTS) is 1. The number of hydrogen-bond donors (Lipinski definition) is 3. The molecule has 0 aromatic carbocycles. The fourth-order valence-electron chi connectivity index (χ4n) is 3.96. The number of amides is 2. The van der Waals surface area contributed by atoms with Crippen molar-refractivity contribution in [3.63, 3.8) is 0 Å². The largest absolute Gasteiger partial charge is 0.480 e. The molecule has 0 bridgehead atoms. The summed E-state index contributed by atoms with van der Waals surface area (Å²) in [6, 6.07) is -2.07. The molecule has 0 unspecified atom stereocenters. The van der Waals surface area contributed by atoms with E-state index in [1.807, 2.05) is 0 Å². The van der Waals surface area contributed by atoms with Gasteiger partial charge in [-0.05, 0) is 40.5 Å². The lowest BCUT2D eigenvalue weighted by Gasteiger charge is -2.37. The molecule has 3 fully saturated rings. The van der Waals surface area contributed by atoms with Crippen LogP contribution >= 0.6 is 0 Å². The smallest absolute Gasteiger partial charge is 0.325 e. The molecule has 3 N–H and O–H groups in total. The fourth-order valence-corrected chi connectivity index (χ4v) is 3.96. The van der Waals surface area contributed by atoms with Crippen molar-refractivity contribution in [3.05, 3.63) is 0 Å². The summed E-state index contributed by atoms with van der Waals surface area (Å²) in [4.78, 5) is 36.8.